The minimum absolute atomic E-state index is 0.0192. The molecular weight excluding hydrogens is 334 g/mol. The Hall–Kier alpha value is -0.910. The van der Waals surface area contributed by atoms with Crippen LogP contribution in [0, 0.1) is 17.8 Å². The Morgan fingerprint density at radius 3 is 2.92 bits per heavy atom. The van der Waals surface area contributed by atoms with Crippen LogP contribution < -0.4 is 16.0 Å². The summed E-state index contributed by atoms with van der Waals surface area (Å²) in [5, 5.41) is 9.78. The summed E-state index contributed by atoms with van der Waals surface area (Å²) in [6.07, 6.45) is 9.26. The minimum Gasteiger partial charge on any atom is -0.353 e. The predicted molar refractivity (Wildman–Crippen MR) is 101 cm³/mol. The molecule has 6 heteroatoms. The smallest absolute Gasteiger partial charge is 0.315 e. The van der Waals surface area contributed by atoms with Crippen LogP contribution in [0.15, 0.2) is 0 Å². The van der Waals surface area contributed by atoms with E-state index in [1.54, 1.807) is 0 Å². The number of hydrogen-bond donors (Lipinski definition) is 3. The molecule has 2 bridgehead atoms. The summed E-state index contributed by atoms with van der Waals surface area (Å²) in [5.41, 5.74) is 0. The number of rotatable bonds is 7. The number of carbonyl (C=O) groups excluding carboxylic acids is 2. The Balaban J connectivity index is 1.12. The fraction of sp³-hybridized carbons (Fsp3) is 0.895. The maximum Gasteiger partial charge on any atom is 0.315 e. The standard InChI is InChI=1S/C19H31N3O2S/c1-11(14-9-12-6-7-13(14)8-12)20-17(23)5-3-2-4-16-18-15(10-25-16)21-19(24)22-18/h11-16,18H,2-10H2,1H3,(H,20,23)(H2,21,22,24)/t11-,12+,13+,14-,15+,16+,18+/m1/s1. The van der Waals surface area contributed by atoms with Crippen LogP contribution in [0.5, 0.6) is 0 Å². The summed E-state index contributed by atoms with van der Waals surface area (Å²) < 4.78 is 0. The number of thioether (sulfide) groups is 1. The first-order valence-corrected chi connectivity index (χ1v) is 11.1. The summed E-state index contributed by atoms with van der Waals surface area (Å²) in [6.45, 7) is 2.20. The van der Waals surface area contributed by atoms with Crippen LogP contribution in [0.25, 0.3) is 0 Å². The zero-order chi connectivity index (χ0) is 17.4. The van der Waals surface area contributed by atoms with Crippen LogP contribution in [-0.2, 0) is 4.79 Å². The van der Waals surface area contributed by atoms with Crippen molar-refractivity contribution in [3.05, 3.63) is 0 Å². The zero-order valence-electron chi connectivity index (χ0n) is 15.1. The molecule has 0 spiro atoms. The second-order valence-corrected chi connectivity index (χ2v) is 9.83. The van der Waals surface area contributed by atoms with Crippen molar-refractivity contribution in [2.75, 3.05) is 5.75 Å². The molecule has 4 aliphatic rings. The number of hydrogen-bond acceptors (Lipinski definition) is 3. The first-order valence-electron chi connectivity index (χ1n) is 10.1. The van der Waals surface area contributed by atoms with Crippen LogP contribution >= 0.6 is 11.8 Å². The van der Waals surface area contributed by atoms with E-state index in [1.165, 1.54) is 25.7 Å². The predicted octanol–water partition coefficient (Wildman–Crippen LogP) is 2.65. The van der Waals surface area contributed by atoms with E-state index in [4.69, 9.17) is 0 Å². The van der Waals surface area contributed by atoms with E-state index >= 15 is 0 Å². The molecule has 4 fully saturated rings. The zero-order valence-corrected chi connectivity index (χ0v) is 15.9. The van der Waals surface area contributed by atoms with Crippen molar-refractivity contribution in [1.29, 1.82) is 0 Å². The molecule has 3 amide bonds. The molecular formula is C19H31N3O2S. The lowest BCUT2D eigenvalue weighted by Crippen LogP contribution is -2.40. The molecule has 25 heavy (non-hydrogen) atoms. The highest BCUT2D eigenvalue weighted by atomic mass is 32.2. The van der Waals surface area contributed by atoms with Gasteiger partial charge in [-0.05, 0) is 56.8 Å². The van der Waals surface area contributed by atoms with Crippen LogP contribution in [0.1, 0.15) is 58.3 Å². The number of fused-ring (bicyclic) bond motifs is 3. The van der Waals surface area contributed by atoms with Gasteiger partial charge in [0.05, 0.1) is 12.1 Å². The number of nitrogens with one attached hydrogen (secondary N) is 3. The third-order valence-corrected chi connectivity index (χ3v) is 8.41. The molecule has 3 N–H and O–H groups in total. The summed E-state index contributed by atoms with van der Waals surface area (Å²) >= 11 is 1.95. The van der Waals surface area contributed by atoms with Crippen LogP contribution in [0.3, 0.4) is 0 Å². The van der Waals surface area contributed by atoms with Gasteiger partial charge in [-0.2, -0.15) is 11.8 Å². The Kier molecular flexibility index (Phi) is 5.16. The van der Waals surface area contributed by atoms with Gasteiger partial charge < -0.3 is 16.0 Å². The maximum atomic E-state index is 12.3. The van der Waals surface area contributed by atoms with Crippen molar-refractivity contribution in [3.63, 3.8) is 0 Å². The van der Waals surface area contributed by atoms with Crippen molar-refractivity contribution in [2.45, 2.75) is 81.7 Å². The molecule has 2 saturated heterocycles. The van der Waals surface area contributed by atoms with Gasteiger partial charge in [-0.3, -0.25) is 4.79 Å². The normalized spacial score (nSPS) is 39.8. The fourth-order valence-electron chi connectivity index (χ4n) is 5.61. The van der Waals surface area contributed by atoms with Gasteiger partial charge in [-0.25, -0.2) is 4.79 Å². The summed E-state index contributed by atoms with van der Waals surface area (Å²) in [7, 11) is 0. The van der Waals surface area contributed by atoms with Crippen LogP contribution in [0.2, 0.25) is 0 Å². The van der Waals surface area contributed by atoms with Gasteiger partial charge in [0.25, 0.3) is 0 Å². The third kappa shape index (κ3) is 3.79. The van der Waals surface area contributed by atoms with E-state index < -0.39 is 0 Å². The fourth-order valence-corrected chi connectivity index (χ4v) is 7.16. The quantitative estimate of drug-likeness (QED) is 0.480. The van der Waals surface area contributed by atoms with Crippen molar-refractivity contribution < 1.29 is 9.59 Å². The average Bonchev–Trinajstić information content (AvgIpc) is 3.33. The number of amides is 3. The van der Waals surface area contributed by atoms with E-state index in [0.29, 0.717) is 29.7 Å². The van der Waals surface area contributed by atoms with Gasteiger partial charge in [0.2, 0.25) is 5.91 Å². The lowest BCUT2D eigenvalue weighted by molar-refractivity contribution is -0.122. The van der Waals surface area contributed by atoms with Crippen LogP contribution in [-0.4, -0.2) is 41.1 Å². The largest absolute Gasteiger partial charge is 0.353 e. The molecule has 7 atom stereocenters. The molecule has 140 valence electrons. The van der Waals surface area contributed by atoms with E-state index in [0.717, 1.165) is 36.9 Å². The van der Waals surface area contributed by atoms with E-state index in [1.807, 2.05) is 11.8 Å². The minimum atomic E-state index is -0.0192. The summed E-state index contributed by atoms with van der Waals surface area (Å²) in [5.74, 6) is 3.75. The number of carbonyl (C=O) groups is 2. The molecule has 0 unspecified atom stereocenters. The molecule has 0 radical (unpaired) electrons. The first kappa shape index (κ1) is 17.5. The van der Waals surface area contributed by atoms with Crippen molar-refractivity contribution in [1.82, 2.24) is 16.0 Å². The lowest BCUT2D eigenvalue weighted by atomic mass is 9.84. The first-order chi connectivity index (χ1) is 12.1. The molecule has 2 heterocycles. The molecule has 2 saturated carbocycles. The Morgan fingerprint density at radius 2 is 2.16 bits per heavy atom. The van der Waals surface area contributed by atoms with E-state index in [2.05, 4.69) is 22.9 Å². The van der Waals surface area contributed by atoms with Gasteiger partial charge in [0, 0.05) is 23.5 Å². The Bertz CT molecular complexity index is 529. The second kappa shape index (κ2) is 7.37. The summed E-state index contributed by atoms with van der Waals surface area (Å²) in [6, 6.07) is 0.903. The third-order valence-electron chi connectivity index (χ3n) is 6.90. The molecule has 0 aromatic heterocycles. The van der Waals surface area contributed by atoms with Crippen molar-refractivity contribution in [3.8, 4) is 0 Å². The monoisotopic (exact) mass is 365 g/mol. The lowest BCUT2D eigenvalue weighted by Gasteiger charge is -2.28. The van der Waals surface area contributed by atoms with Gasteiger partial charge >= 0.3 is 6.03 Å². The molecule has 0 aromatic carbocycles. The highest BCUT2D eigenvalue weighted by Gasteiger charge is 2.43. The second-order valence-electron chi connectivity index (χ2n) is 8.56. The van der Waals surface area contributed by atoms with Gasteiger partial charge in [-0.1, -0.05) is 12.8 Å². The van der Waals surface area contributed by atoms with E-state index in [-0.39, 0.29) is 18.0 Å². The van der Waals surface area contributed by atoms with Gasteiger partial charge in [0.15, 0.2) is 0 Å². The molecule has 4 rings (SSSR count). The Labute approximate surface area is 154 Å². The van der Waals surface area contributed by atoms with Crippen LogP contribution in [0.4, 0.5) is 4.79 Å². The SMILES string of the molecule is C[C@@H](NC(=O)CCCC[C@@H]1SC[C@@H]2NC(=O)N[C@@H]21)[C@H]1C[C@H]2CC[C@H]1C2. The Morgan fingerprint density at radius 1 is 1.28 bits per heavy atom. The van der Waals surface area contributed by atoms with E-state index in [9.17, 15) is 9.59 Å². The summed E-state index contributed by atoms with van der Waals surface area (Å²) in [4.78, 5) is 23.7. The molecule has 0 aromatic rings. The van der Waals surface area contributed by atoms with Crippen molar-refractivity contribution in [2.24, 2.45) is 17.8 Å². The molecule has 2 aliphatic heterocycles. The number of unbranched alkanes of at least 4 members (excludes halogenated alkanes) is 1. The highest BCUT2D eigenvalue weighted by molar-refractivity contribution is 8.00. The maximum absolute atomic E-state index is 12.3. The number of urea groups is 1. The highest BCUT2D eigenvalue weighted by Crippen LogP contribution is 2.49. The van der Waals surface area contributed by atoms with Gasteiger partial charge in [-0.15, -0.1) is 0 Å². The average molecular weight is 366 g/mol. The molecule has 2 aliphatic carbocycles. The van der Waals surface area contributed by atoms with Gasteiger partial charge in [0.1, 0.15) is 0 Å². The topological polar surface area (TPSA) is 70.2 Å². The van der Waals surface area contributed by atoms with Crippen molar-refractivity contribution >= 4 is 23.7 Å². The molecule has 5 nitrogen and oxygen atoms in total.